The molecule has 1 aromatic carbocycles. The summed E-state index contributed by atoms with van der Waals surface area (Å²) in [5.74, 6) is -0.512. The number of aliphatic hydroxyl groups excluding tert-OH is 1. The summed E-state index contributed by atoms with van der Waals surface area (Å²) < 4.78 is 21.4. The Balaban J connectivity index is 1.87. The number of ether oxygens (including phenoxy) is 1. The third kappa shape index (κ3) is 5.21. The van der Waals surface area contributed by atoms with Gasteiger partial charge in [0.15, 0.2) is 11.6 Å². The molecule has 1 unspecified atom stereocenters. The molecule has 0 aliphatic carbocycles. The minimum absolute atomic E-state index is 0.124. The zero-order chi connectivity index (χ0) is 24.3. The van der Waals surface area contributed by atoms with Crippen LogP contribution in [0.5, 0.6) is 5.75 Å². The molecule has 8 nitrogen and oxygen atoms in total. The maximum Gasteiger partial charge on any atom is 0.247 e. The van der Waals surface area contributed by atoms with Gasteiger partial charge in [-0.15, -0.1) is 0 Å². The fourth-order valence-electron chi connectivity index (χ4n) is 3.14. The van der Waals surface area contributed by atoms with E-state index in [0.717, 1.165) is 0 Å². The number of halogens is 3. The molecule has 2 aromatic heterocycles. The summed E-state index contributed by atoms with van der Waals surface area (Å²) in [5.41, 5.74) is 6.61. The van der Waals surface area contributed by atoms with E-state index in [9.17, 15) is 9.18 Å². The molecule has 0 saturated carbocycles. The average molecular weight is 496 g/mol. The quantitative estimate of drug-likeness (QED) is 0.407. The summed E-state index contributed by atoms with van der Waals surface area (Å²) in [6.07, 6.45) is 4.12. The van der Waals surface area contributed by atoms with E-state index in [1.165, 1.54) is 16.8 Å². The van der Waals surface area contributed by atoms with E-state index in [4.69, 9.17) is 38.8 Å². The largest absolute Gasteiger partial charge is 0.482 e. The van der Waals surface area contributed by atoms with Crippen LogP contribution < -0.4 is 15.8 Å². The Morgan fingerprint density at radius 1 is 1.33 bits per heavy atom. The topological polar surface area (TPSA) is 115 Å². The molecule has 0 fully saturated rings. The Morgan fingerprint density at radius 2 is 2.06 bits per heavy atom. The van der Waals surface area contributed by atoms with Gasteiger partial charge in [0.2, 0.25) is 5.91 Å². The Morgan fingerprint density at radius 3 is 2.76 bits per heavy atom. The van der Waals surface area contributed by atoms with E-state index < -0.39 is 17.5 Å². The Bertz CT molecular complexity index is 1170. The summed E-state index contributed by atoms with van der Waals surface area (Å²) >= 11 is 12.3. The molecule has 11 heteroatoms. The Kier molecular flexibility index (Phi) is 7.46. The van der Waals surface area contributed by atoms with E-state index in [2.05, 4.69) is 15.4 Å². The van der Waals surface area contributed by atoms with Crippen molar-refractivity contribution in [3.8, 4) is 16.9 Å². The van der Waals surface area contributed by atoms with Crippen molar-refractivity contribution in [1.82, 2.24) is 20.1 Å². The number of carbonyl (C=O) groups is 1. The molecule has 1 atom stereocenters. The Hall–Kier alpha value is -2.88. The zero-order valence-electron chi connectivity index (χ0n) is 18.3. The van der Waals surface area contributed by atoms with Gasteiger partial charge in [0.1, 0.15) is 17.5 Å². The fourth-order valence-corrected chi connectivity index (χ4v) is 3.82. The molecule has 176 valence electrons. The molecule has 0 bridgehead atoms. The SMILES string of the molecule is CC(Oc1cc(-c2cnn(C(C)(C)C(=O)NCCO)c2)cnc1N)c1c(Cl)ccc(F)c1Cl. The van der Waals surface area contributed by atoms with Crippen molar-refractivity contribution in [3.63, 3.8) is 0 Å². The first kappa shape index (κ1) is 24.8. The number of anilines is 1. The third-order valence-electron chi connectivity index (χ3n) is 5.11. The molecule has 0 spiro atoms. The number of nitrogens with one attached hydrogen (secondary N) is 1. The second kappa shape index (κ2) is 9.94. The van der Waals surface area contributed by atoms with Gasteiger partial charge in [-0.05, 0) is 39.0 Å². The molecule has 33 heavy (non-hydrogen) atoms. The summed E-state index contributed by atoms with van der Waals surface area (Å²) in [7, 11) is 0. The van der Waals surface area contributed by atoms with Gasteiger partial charge in [0, 0.05) is 40.7 Å². The lowest BCUT2D eigenvalue weighted by atomic mass is 10.0. The van der Waals surface area contributed by atoms with E-state index >= 15 is 0 Å². The van der Waals surface area contributed by atoms with E-state index in [0.29, 0.717) is 16.7 Å². The highest BCUT2D eigenvalue weighted by atomic mass is 35.5. The van der Waals surface area contributed by atoms with Crippen molar-refractivity contribution in [2.75, 3.05) is 18.9 Å². The first-order valence-electron chi connectivity index (χ1n) is 10.1. The number of pyridine rings is 1. The number of nitrogens with two attached hydrogens (primary N) is 1. The summed E-state index contributed by atoms with van der Waals surface area (Å²) in [6.45, 7) is 5.08. The maximum atomic E-state index is 13.9. The number of hydrogen-bond acceptors (Lipinski definition) is 6. The average Bonchev–Trinajstić information content (AvgIpc) is 3.27. The highest BCUT2D eigenvalue weighted by molar-refractivity contribution is 6.36. The molecular formula is C22H24Cl2FN5O3. The van der Waals surface area contributed by atoms with Crippen LogP contribution in [0, 0.1) is 5.82 Å². The van der Waals surface area contributed by atoms with Crippen molar-refractivity contribution in [2.45, 2.75) is 32.4 Å². The zero-order valence-corrected chi connectivity index (χ0v) is 19.8. The monoisotopic (exact) mass is 495 g/mol. The maximum absolute atomic E-state index is 13.9. The van der Waals surface area contributed by atoms with Crippen LogP contribution in [-0.4, -0.2) is 38.9 Å². The lowest BCUT2D eigenvalue weighted by Crippen LogP contribution is -2.45. The van der Waals surface area contributed by atoms with Crippen molar-refractivity contribution >= 4 is 34.9 Å². The number of aromatic nitrogens is 3. The minimum atomic E-state index is -0.993. The number of rotatable bonds is 8. The lowest BCUT2D eigenvalue weighted by molar-refractivity contribution is -0.129. The molecule has 2 heterocycles. The van der Waals surface area contributed by atoms with Crippen LogP contribution in [0.2, 0.25) is 10.0 Å². The summed E-state index contributed by atoms with van der Waals surface area (Å²) in [4.78, 5) is 16.6. The number of aliphatic hydroxyl groups is 1. The van der Waals surface area contributed by atoms with Crippen LogP contribution in [0.15, 0.2) is 36.8 Å². The predicted molar refractivity (Wildman–Crippen MR) is 125 cm³/mol. The molecular weight excluding hydrogens is 472 g/mol. The number of nitrogens with zero attached hydrogens (tertiary/aromatic N) is 3. The van der Waals surface area contributed by atoms with Crippen LogP contribution in [0.3, 0.4) is 0 Å². The molecule has 4 N–H and O–H groups in total. The minimum Gasteiger partial charge on any atom is -0.482 e. The van der Waals surface area contributed by atoms with Crippen LogP contribution in [0.1, 0.15) is 32.4 Å². The summed E-state index contributed by atoms with van der Waals surface area (Å²) in [5, 5.41) is 16.0. The summed E-state index contributed by atoms with van der Waals surface area (Å²) in [6, 6.07) is 4.25. The third-order valence-corrected chi connectivity index (χ3v) is 5.83. The van der Waals surface area contributed by atoms with Gasteiger partial charge in [0.05, 0.1) is 17.8 Å². The van der Waals surface area contributed by atoms with Gasteiger partial charge < -0.3 is 20.9 Å². The van der Waals surface area contributed by atoms with Crippen LogP contribution in [0.4, 0.5) is 10.2 Å². The van der Waals surface area contributed by atoms with E-state index in [-0.39, 0.29) is 40.7 Å². The van der Waals surface area contributed by atoms with Gasteiger partial charge in [-0.2, -0.15) is 5.10 Å². The second-order valence-electron chi connectivity index (χ2n) is 7.84. The molecule has 0 saturated heterocycles. The van der Waals surface area contributed by atoms with Crippen molar-refractivity contribution < 1.29 is 19.0 Å². The molecule has 3 aromatic rings. The van der Waals surface area contributed by atoms with Crippen molar-refractivity contribution in [3.05, 3.63) is 58.2 Å². The fraction of sp³-hybridized carbons (Fsp3) is 0.318. The van der Waals surface area contributed by atoms with Gasteiger partial charge in [-0.25, -0.2) is 9.37 Å². The van der Waals surface area contributed by atoms with Crippen molar-refractivity contribution in [2.24, 2.45) is 0 Å². The first-order chi connectivity index (χ1) is 15.6. The normalized spacial score (nSPS) is 12.5. The van der Waals surface area contributed by atoms with Crippen molar-refractivity contribution in [1.29, 1.82) is 0 Å². The highest BCUT2D eigenvalue weighted by Crippen LogP contribution is 2.37. The number of hydrogen-bond donors (Lipinski definition) is 3. The van der Waals surface area contributed by atoms with E-state index in [1.807, 2.05) is 0 Å². The number of benzene rings is 1. The molecule has 0 radical (unpaired) electrons. The number of nitrogen functional groups attached to an aromatic ring is 1. The van der Waals surface area contributed by atoms with Crippen LogP contribution in [0.25, 0.3) is 11.1 Å². The van der Waals surface area contributed by atoms with Gasteiger partial charge >= 0.3 is 0 Å². The van der Waals surface area contributed by atoms with Gasteiger partial charge in [-0.3, -0.25) is 9.48 Å². The molecule has 0 aliphatic heterocycles. The standard InChI is InChI=1S/C22H24Cl2FN5O3/c1-12(18-15(23)4-5-16(25)19(18)24)33-17-8-13(9-28-20(17)26)14-10-29-30(11-14)22(2,3)21(32)27-6-7-31/h4-5,8-12,31H,6-7H2,1-3H3,(H2,26,28)(H,27,32). The molecule has 1 amide bonds. The lowest BCUT2D eigenvalue weighted by Gasteiger charge is -2.24. The number of amides is 1. The number of carbonyl (C=O) groups excluding carboxylic acids is 1. The van der Waals surface area contributed by atoms with Crippen LogP contribution >= 0.6 is 23.2 Å². The van der Waals surface area contributed by atoms with Gasteiger partial charge in [-0.1, -0.05) is 23.2 Å². The molecule has 0 aliphatic rings. The second-order valence-corrected chi connectivity index (χ2v) is 8.62. The smallest absolute Gasteiger partial charge is 0.247 e. The molecule has 3 rings (SSSR count). The Labute approximate surface area is 200 Å². The highest BCUT2D eigenvalue weighted by Gasteiger charge is 2.30. The predicted octanol–water partition coefficient (Wildman–Crippen LogP) is 3.96. The van der Waals surface area contributed by atoms with Crippen LogP contribution in [-0.2, 0) is 10.3 Å². The van der Waals surface area contributed by atoms with Gasteiger partial charge in [0.25, 0.3) is 0 Å². The van der Waals surface area contributed by atoms with E-state index in [1.54, 1.807) is 45.4 Å². The first-order valence-corrected chi connectivity index (χ1v) is 10.8.